The molecule has 3 heterocycles. The molecule has 1 aliphatic carbocycles. The maximum Gasteiger partial charge on any atom is 0.224 e. The molecule has 1 aliphatic heterocycles. The maximum atomic E-state index is 10.0. The standard InChI is InChI=1S/C26H36N6O/c1-2-11-28-26-29-16-23-24(18-32(25(23)30-26)21-7-9-22(33)10-8-21)20-5-3-19(4-6-20)17-31-14-12-27-13-15-31/h3-6,16,18,21-22,27,33H,2,7-15,17H2,1H3,(H,28,29,30). The minimum absolute atomic E-state index is 0.165. The number of hydrogen-bond donors (Lipinski definition) is 3. The third-order valence-corrected chi connectivity index (χ3v) is 7.05. The molecule has 1 saturated carbocycles. The molecule has 0 radical (unpaired) electrons. The number of nitrogens with one attached hydrogen (secondary N) is 2. The van der Waals surface area contributed by atoms with Crippen LogP contribution in [-0.4, -0.2) is 63.4 Å². The number of benzene rings is 1. The molecule has 7 nitrogen and oxygen atoms in total. The van der Waals surface area contributed by atoms with Gasteiger partial charge in [-0.2, -0.15) is 4.98 Å². The van der Waals surface area contributed by atoms with Gasteiger partial charge in [0.15, 0.2) is 0 Å². The molecule has 0 bridgehead atoms. The fraction of sp³-hybridized carbons (Fsp3) is 0.538. The van der Waals surface area contributed by atoms with E-state index in [9.17, 15) is 5.11 Å². The number of nitrogens with zero attached hydrogens (tertiary/aromatic N) is 4. The second-order valence-corrected chi connectivity index (χ2v) is 9.49. The van der Waals surface area contributed by atoms with E-state index >= 15 is 0 Å². The molecule has 176 valence electrons. The van der Waals surface area contributed by atoms with E-state index in [0.29, 0.717) is 12.0 Å². The predicted octanol–water partition coefficient (Wildman–Crippen LogP) is 3.80. The van der Waals surface area contributed by atoms with Crippen LogP contribution >= 0.6 is 0 Å². The summed E-state index contributed by atoms with van der Waals surface area (Å²) in [4.78, 5) is 12.0. The fourth-order valence-corrected chi connectivity index (χ4v) is 5.11. The Hall–Kier alpha value is -2.48. The van der Waals surface area contributed by atoms with Crippen molar-refractivity contribution in [1.82, 2.24) is 24.8 Å². The predicted molar refractivity (Wildman–Crippen MR) is 133 cm³/mol. The smallest absolute Gasteiger partial charge is 0.224 e. The fourth-order valence-electron chi connectivity index (χ4n) is 5.11. The van der Waals surface area contributed by atoms with Crippen LogP contribution in [-0.2, 0) is 6.54 Å². The third kappa shape index (κ3) is 5.05. The van der Waals surface area contributed by atoms with E-state index in [1.807, 2.05) is 6.20 Å². The third-order valence-electron chi connectivity index (χ3n) is 7.05. The lowest BCUT2D eigenvalue weighted by molar-refractivity contribution is 0.111. The van der Waals surface area contributed by atoms with Crippen molar-refractivity contribution in [3.8, 4) is 11.1 Å². The van der Waals surface area contributed by atoms with E-state index in [4.69, 9.17) is 4.98 Å². The van der Waals surface area contributed by atoms with Gasteiger partial charge < -0.3 is 20.3 Å². The van der Waals surface area contributed by atoms with Crippen LogP contribution < -0.4 is 10.6 Å². The number of rotatable bonds is 7. The highest BCUT2D eigenvalue weighted by atomic mass is 16.3. The summed E-state index contributed by atoms with van der Waals surface area (Å²) in [7, 11) is 0. The molecular weight excluding hydrogens is 412 g/mol. The summed E-state index contributed by atoms with van der Waals surface area (Å²) in [5.74, 6) is 0.692. The summed E-state index contributed by atoms with van der Waals surface area (Å²) in [5.41, 5.74) is 4.74. The number of piperazine rings is 1. The summed E-state index contributed by atoms with van der Waals surface area (Å²) in [6, 6.07) is 9.37. The molecule has 0 unspecified atom stereocenters. The van der Waals surface area contributed by atoms with Gasteiger partial charge in [-0.3, -0.25) is 4.90 Å². The first-order valence-electron chi connectivity index (χ1n) is 12.5. The zero-order chi connectivity index (χ0) is 22.6. The first kappa shape index (κ1) is 22.3. The van der Waals surface area contributed by atoms with Gasteiger partial charge in [0, 0.05) is 68.7 Å². The summed E-state index contributed by atoms with van der Waals surface area (Å²) >= 11 is 0. The van der Waals surface area contributed by atoms with Crippen LogP contribution in [0, 0.1) is 0 Å². The topological polar surface area (TPSA) is 78.2 Å². The number of hydrogen-bond acceptors (Lipinski definition) is 6. The van der Waals surface area contributed by atoms with Gasteiger partial charge in [0.2, 0.25) is 5.95 Å². The van der Waals surface area contributed by atoms with Crippen molar-refractivity contribution in [1.29, 1.82) is 0 Å². The molecule has 5 rings (SSSR count). The maximum absolute atomic E-state index is 10.0. The van der Waals surface area contributed by atoms with E-state index in [-0.39, 0.29) is 6.10 Å². The molecule has 33 heavy (non-hydrogen) atoms. The van der Waals surface area contributed by atoms with Crippen molar-refractivity contribution in [2.75, 3.05) is 38.0 Å². The molecule has 0 spiro atoms. The molecule has 2 aliphatic rings. The lowest BCUT2D eigenvalue weighted by atomic mass is 9.93. The Morgan fingerprint density at radius 2 is 1.85 bits per heavy atom. The SMILES string of the molecule is CCCNc1ncc2c(-c3ccc(CN4CCNCC4)cc3)cn(C3CCC(O)CC3)c2n1. The normalized spacial score (nSPS) is 22.0. The molecule has 7 heteroatoms. The van der Waals surface area contributed by atoms with Crippen LogP contribution in [0.4, 0.5) is 5.95 Å². The number of aromatic nitrogens is 3. The molecule has 1 aromatic carbocycles. The molecule has 0 amide bonds. The summed E-state index contributed by atoms with van der Waals surface area (Å²) in [5, 5.41) is 17.9. The minimum atomic E-state index is -0.165. The Kier molecular flexibility index (Phi) is 6.90. The largest absolute Gasteiger partial charge is 0.393 e. The summed E-state index contributed by atoms with van der Waals surface area (Å²) < 4.78 is 2.34. The first-order chi connectivity index (χ1) is 16.2. The zero-order valence-corrected chi connectivity index (χ0v) is 19.6. The van der Waals surface area contributed by atoms with Crippen LogP contribution in [0.15, 0.2) is 36.7 Å². The van der Waals surface area contributed by atoms with Gasteiger partial charge >= 0.3 is 0 Å². The molecule has 3 aromatic rings. The number of anilines is 1. The highest BCUT2D eigenvalue weighted by Gasteiger charge is 2.24. The monoisotopic (exact) mass is 448 g/mol. The van der Waals surface area contributed by atoms with E-state index in [1.54, 1.807) is 0 Å². The average Bonchev–Trinajstić information content (AvgIpc) is 3.23. The zero-order valence-electron chi connectivity index (χ0n) is 19.6. The van der Waals surface area contributed by atoms with Crippen molar-refractivity contribution in [3.05, 3.63) is 42.2 Å². The van der Waals surface area contributed by atoms with Gasteiger partial charge in [-0.05, 0) is 43.2 Å². The van der Waals surface area contributed by atoms with Crippen molar-refractivity contribution >= 4 is 17.0 Å². The Morgan fingerprint density at radius 1 is 1.09 bits per heavy atom. The highest BCUT2D eigenvalue weighted by molar-refractivity contribution is 5.94. The van der Waals surface area contributed by atoms with Crippen LogP contribution in [0.1, 0.15) is 50.6 Å². The molecule has 3 N–H and O–H groups in total. The number of fused-ring (bicyclic) bond motifs is 1. The van der Waals surface area contributed by atoms with Gasteiger partial charge in [-0.1, -0.05) is 31.2 Å². The van der Waals surface area contributed by atoms with Crippen molar-refractivity contribution < 1.29 is 5.11 Å². The lowest BCUT2D eigenvalue weighted by Crippen LogP contribution is -2.42. The molecule has 2 fully saturated rings. The molecule has 0 atom stereocenters. The quantitative estimate of drug-likeness (QED) is 0.510. The van der Waals surface area contributed by atoms with Gasteiger partial charge in [-0.25, -0.2) is 4.98 Å². The van der Waals surface area contributed by atoms with Gasteiger partial charge in [0.05, 0.1) is 6.10 Å². The average molecular weight is 449 g/mol. The second kappa shape index (κ2) is 10.2. The van der Waals surface area contributed by atoms with Crippen LogP contribution in [0.3, 0.4) is 0 Å². The number of aliphatic hydroxyl groups is 1. The van der Waals surface area contributed by atoms with Crippen molar-refractivity contribution in [2.45, 2.75) is 57.7 Å². The van der Waals surface area contributed by atoms with Crippen LogP contribution in [0.5, 0.6) is 0 Å². The minimum Gasteiger partial charge on any atom is -0.393 e. The number of aliphatic hydroxyl groups excluding tert-OH is 1. The van der Waals surface area contributed by atoms with E-state index in [0.717, 1.165) is 82.4 Å². The Bertz CT molecular complexity index is 1050. The Morgan fingerprint density at radius 3 is 2.58 bits per heavy atom. The summed E-state index contributed by atoms with van der Waals surface area (Å²) in [6.45, 7) is 8.38. The summed E-state index contributed by atoms with van der Waals surface area (Å²) in [6.07, 6.45) is 8.77. The van der Waals surface area contributed by atoms with E-state index in [2.05, 4.69) is 62.5 Å². The Labute approximate surface area is 196 Å². The molecule has 1 saturated heterocycles. The lowest BCUT2D eigenvalue weighted by Gasteiger charge is -2.27. The molecule has 2 aromatic heterocycles. The van der Waals surface area contributed by atoms with Crippen molar-refractivity contribution in [3.63, 3.8) is 0 Å². The van der Waals surface area contributed by atoms with Crippen molar-refractivity contribution in [2.24, 2.45) is 0 Å². The highest BCUT2D eigenvalue weighted by Crippen LogP contribution is 2.36. The van der Waals surface area contributed by atoms with Crippen LogP contribution in [0.2, 0.25) is 0 Å². The van der Waals surface area contributed by atoms with E-state index in [1.165, 1.54) is 16.7 Å². The first-order valence-corrected chi connectivity index (χ1v) is 12.5. The molecular formula is C26H36N6O. The van der Waals surface area contributed by atoms with Gasteiger partial charge in [0.1, 0.15) is 5.65 Å². The second-order valence-electron chi connectivity index (χ2n) is 9.49. The van der Waals surface area contributed by atoms with E-state index < -0.39 is 0 Å². The Balaban J connectivity index is 1.45. The van der Waals surface area contributed by atoms with Gasteiger partial charge in [0.25, 0.3) is 0 Å². The van der Waals surface area contributed by atoms with Crippen LogP contribution in [0.25, 0.3) is 22.2 Å². The van der Waals surface area contributed by atoms with Gasteiger partial charge in [-0.15, -0.1) is 0 Å².